The lowest BCUT2D eigenvalue weighted by atomic mass is 10.1. The van der Waals surface area contributed by atoms with Crippen LogP contribution in [0.2, 0.25) is 0 Å². The van der Waals surface area contributed by atoms with Crippen molar-refractivity contribution in [2.45, 2.75) is 0 Å². The molecule has 0 aromatic heterocycles. The van der Waals surface area contributed by atoms with Crippen LogP contribution in [-0.2, 0) is 28.4 Å². The number of esters is 1. The highest BCUT2D eigenvalue weighted by Gasteiger charge is 2.10. The van der Waals surface area contributed by atoms with Gasteiger partial charge in [-0.2, -0.15) is 0 Å². The van der Waals surface area contributed by atoms with Crippen molar-refractivity contribution in [3.05, 3.63) is 48.0 Å². The second kappa shape index (κ2) is 16.6. The van der Waals surface area contributed by atoms with Crippen LogP contribution in [0.1, 0.15) is 10.4 Å². The lowest BCUT2D eigenvalue weighted by molar-refractivity contribution is -0.0167. The monoisotopic (exact) mass is 436 g/mol. The molecular weight excluding hydrogens is 404 g/mol. The van der Waals surface area contributed by atoms with Crippen molar-refractivity contribution in [2.24, 2.45) is 0 Å². The predicted molar refractivity (Wildman–Crippen MR) is 115 cm³/mol. The SMILES string of the molecule is O=C(OCCOCCOCCOCCOCCOCCO)c1cccc2ccccc12. The fourth-order valence-electron chi connectivity index (χ4n) is 2.72. The molecule has 0 aliphatic heterocycles. The van der Waals surface area contributed by atoms with Crippen LogP contribution in [0.25, 0.3) is 10.8 Å². The Balaban J connectivity index is 1.39. The van der Waals surface area contributed by atoms with Crippen LogP contribution in [0.4, 0.5) is 0 Å². The van der Waals surface area contributed by atoms with Crippen molar-refractivity contribution in [1.29, 1.82) is 0 Å². The second-order valence-corrected chi connectivity index (χ2v) is 6.45. The van der Waals surface area contributed by atoms with Gasteiger partial charge in [-0.1, -0.05) is 36.4 Å². The summed E-state index contributed by atoms with van der Waals surface area (Å²) in [5.74, 6) is -0.351. The first-order chi connectivity index (χ1) is 15.3. The third-order valence-corrected chi connectivity index (χ3v) is 4.19. The highest BCUT2D eigenvalue weighted by atomic mass is 16.6. The van der Waals surface area contributed by atoms with Crippen molar-refractivity contribution in [1.82, 2.24) is 0 Å². The van der Waals surface area contributed by atoms with E-state index in [1.165, 1.54) is 0 Å². The fraction of sp³-hybridized carbons (Fsp3) is 0.522. The number of rotatable bonds is 18. The lowest BCUT2D eigenvalue weighted by Gasteiger charge is -2.09. The van der Waals surface area contributed by atoms with E-state index in [-0.39, 0.29) is 19.2 Å². The molecule has 0 saturated carbocycles. The van der Waals surface area contributed by atoms with E-state index in [9.17, 15) is 4.79 Å². The minimum atomic E-state index is -0.351. The van der Waals surface area contributed by atoms with Gasteiger partial charge in [-0.05, 0) is 16.8 Å². The van der Waals surface area contributed by atoms with E-state index in [2.05, 4.69) is 0 Å². The van der Waals surface area contributed by atoms with Gasteiger partial charge in [-0.25, -0.2) is 4.79 Å². The third-order valence-electron chi connectivity index (χ3n) is 4.19. The molecule has 0 fully saturated rings. The van der Waals surface area contributed by atoms with Crippen molar-refractivity contribution in [2.75, 3.05) is 79.3 Å². The zero-order valence-electron chi connectivity index (χ0n) is 17.8. The Morgan fingerprint density at radius 3 is 1.68 bits per heavy atom. The molecule has 0 saturated heterocycles. The Labute approximate surface area is 182 Å². The van der Waals surface area contributed by atoms with Gasteiger partial charge in [0.05, 0.1) is 78.2 Å². The van der Waals surface area contributed by atoms with E-state index in [1.54, 1.807) is 6.07 Å². The summed E-state index contributed by atoms with van der Waals surface area (Å²) >= 11 is 0. The molecular formula is C23H32O8. The maximum absolute atomic E-state index is 12.3. The summed E-state index contributed by atoms with van der Waals surface area (Å²) in [5, 5.41) is 10.4. The number of benzene rings is 2. The van der Waals surface area contributed by atoms with Gasteiger partial charge in [0.25, 0.3) is 0 Å². The molecule has 0 unspecified atom stereocenters. The van der Waals surface area contributed by atoms with Gasteiger partial charge in [0, 0.05) is 0 Å². The van der Waals surface area contributed by atoms with Crippen molar-refractivity contribution >= 4 is 16.7 Å². The number of aliphatic hydroxyl groups excluding tert-OH is 1. The number of ether oxygens (including phenoxy) is 6. The van der Waals surface area contributed by atoms with Gasteiger partial charge < -0.3 is 33.5 Å². The highest BCUT2D eigenvalue weighted by Crippen LogP contribution is 2.19. The maximum Gasteiger partial charge on any atom is 0.338 e. The molecule has 0 bridgehead atoms. The minimum Gasteiger partial charge on any atom is -0.460 e. The number of hydrogen-bond acceptors (Lipinski definition) is 8. The van der Waals surface area contributed by atoms with E-state index in [0.717, 1.165) is 10.8 Å². The molecule has 1 N–H and O–H groups in total. The fourth-order valence-corrected chi connectivity index (χ4v) is 2.72. The summed E-state index contributed by atoms with van der Waals surface area (Å²) in [7, 11) is 0. The van der Waals surface area contributed by atoms with E-state index in [0.29, 0.717) is 71.6 Å². The Bertz CT molecular complexity index is 731. The van der Waals surface area contributed by atoms with Crippen LogP contribution >= 0.6 is 0 Å². The summed E-state index contributed by atoms with van der Waals surface area (Å²) in [6.07, 6.45) is 0. The number of fused-ring (bicyclic) bond motifs is 1. The van der Waals surface area contributed by atoms with E-state index in [4.69, 9.17) is 33.5 Å². The van der Waals surface area contributed by atoms with Gasteiger partial charge in [0.1, 0.15) is 6.61 Å². The van der Waals surface area contributed by atoms with Gasteiger partial charge >= 0.3 is 5.97 Å². The van der Waals surface area contributed by atoms with Crippen LogP contribution in [0.5, 0.6) is 0 Å². The summed E-state index contributed by atoms with van der Waals surface area (Å²) in [6.45, 7) is 4.59. The molecule has 0 spiro atoms. The zero-order chi connectivity index (χ0) is 22.0. The average Bonchev–Trinajstić information content (AvgIpc) is 2.80. The molecule has 0 amide bonds. The Kier molecular flexibility index (Phi) is 13.5. The Hall–Kier alpha value is -2.07. The molecule has 0 radical (unpaired) electrons. The zero-order valence-corrected chi connectivity index (χ0v) is 17.8. The Morgan fingerprint density at radius 1 is 0.613 bits per heavy atom. The molecule has 0 atom stereocenters. The molecule has 8 heteroatoms. The largest absolute Gasteiger partial charge is 0.460 e. The first-order valence-corrected chi connectivity index (χ1v) is 10.5. The number of carbonyl (C=O) groups is 1. The van der Waals surface area contributed by atoms with Gasteiger partial charge in [-0.3, -0.25) is 0 Å². The summed E-state index contributed by atoms with van der Waals surface area (Å²) in [5.41, 5.74) is 0.557. The summed E-state index contributed by atoms with van der Waals surface area (Å²) in [6, 6.07) is 13.3. The topological polar surface area (TPSA) is 92.7 Å². The summed E-state index contributed by atoms with van der Waals surface area (Å²) in [4.78, 5) is 12.3. The Morgan fingerprint density at radius 2 is 1.10 bits per heavy atom. The number of carbonyl (C=O) groups excluding carboxylic acids is 1. The van der Waals surface area contributed by atoms with E-state index < -0.39 is 0 Å². The smallest absolute Gasteiger partial charge is 0.338 e. The molecule has 2 aromatic rings. The molecule has 0 aliphatic carbocycles. The standard InChI is InChI=1S/C23H32O8/c24-8-9-26-10-11-27-12-13-28-14-15-29-16-17-30-18-19-31-23(25)22-7-3-5-20-4-1-2-6-21(20)22/h1-7,24H,8-19H2. The molecule has 172 valence electrons. The van der Waals surface area contributed by atoms with Crippen LogP contribution in [-0.4, -0.2) is 90.4 Å². The average molecular weight is 437 g/mol. The van der Waals surface area contributed by atoms with Crippen molar-refractivity contribution in [3.8, 4) is 0 Å². The first kappa shape index (κ1) is 25.2. The number of aliphatic hydroxyl groups is 1. The van der Waals surface area contributed by atoms with Gasteiger partial charge in [0.2, 0.25) is 0 Å². The number of hydrogen-bond donors (Lipinski definition) is 1. The normalized spacial score (nSPS) is 11.1. The van der Waals surface area contributed by atoms with Crippen molar-refractivity contribution < 1.29 is 38.3 Å². The van der Waals surface area contributed by atoms with Gasteiger partial charge in [0.15, 0.2) is 0 Å². The molecule has 2 rings (SSSR count). The van der Waals surface area contributed by atoms with Crippen LogP contribution in [0.15, 0.2) is 42.5 Å². The van der Waals surface area contributed by atoms with Gasteiger partial charge in [-0.15, -0.1) is 0 Å². The van der Waals surface area contributed by atoms with Crippen molar-refractivity contribution in [3.63, 3.8) is 0 Å². The first-order valence-electron chi connectivity index (χ1n) is 10.5. The second-order valence-electron chi connectivity index (χ2n) is 6.45. The quantitative estimate of drug-likeness (QED) is 0.280. The summed E-state index contributed by atoms with van der Waals surface area (Å²) < 4.78 is 31.9. The lowest BCUT2D eigenvalue weighted by Crippen LogP contribution is -2.15. The van der Waals surface area contributed by atoms with E-state index >= 15 is 0 Å². The molecule has 8 nitrogen and oxygen atoms in total. The predicted octanol–water partition coefficient (Wildman–Crippen LogP) is 2.07. The van der Waals surface area contributed by atoms with Crippen LogP contribution < -0.4 is 0 Å². The molecule has 0 heterocycles. The third kappa shape index (κ3) is 10.7. The maximum atomic E-state index is 12.3. The molecule has 2 aromatic carbocycles. The molecule has 31 heavy (non-hydrogen) atoms. The highest BCUT2D eigenvalue weighted by molar-refractivity contribution is 6.04. The minimum absolute atomic E-state index is 0.0213. The van der Waals surface area contributed by atoms with Crippen LogP contribution in [0.3, 0.4) is 0 Å². The molecule has 0 aliphatic rings. The van der Waals surface area contributed by atoms with E-state index in [1.807, 2.05) is 36.4 Å². The van der Waals surface area contributed by atoms with Crippen LogP contribution in [0, 0.1) is 0 Å².